The fourth-order valence-electron chi connectivity index (χ4n) is 5.63. The lowest BCUT2D eigenvalue weighted by molar-refractivity contribution is -0.384. The van der Waals surface area contributed by atoms with Crippen molar-refractivity contribution in [3.05, 3.63) is 75.3 Å². The summed E-state index contributed by atoms with van der Waals surface area (Å²) in [7, 11) is 0. The van der Waals surface area contributed by atoms with E-state index in [1.165, 1.54) is 43.1 Å². The van der Waals surface area contributed by atoms with Gasteiger partial charge in [0.25, 0.3) is 11.5 Å². The van der Waals surface area contributed by atoms with Crippen LogP contribution in [0.5, 0.6) is 0 Å². The topological polar surface area (TPSA) is 128 Å². The third-order valence-electron chi connectivity index (χ3n) is 7.23. The molecule has 192 valence electrons. The summed E-state index contributed by atoms with van der Waals surface area (Å²) in [5, 5.41) is 17.4. The van der Waals surface area contributed by atoms with Crippen LogP contribution in [0.15, 0.2) is 53.6 Å². The number of hydrogen-bond acceptors (Lipinski definition) is 9. The van der Waals surface area contributed by atoms with Gasteiger partial charge in [0.05, 0.1) is 11.1 Å². The van der Waals surface area contributed by atoms with E-state index in [4.69, 9.17) is 9.47 Å². The molecule has 0 saturated carbocycles. The average molecular weight is 506 g/mol. The number of Topliss-reactive ketones (excluding diaryl/α,β-unsaturated/α-hetero) is 1. The van der Waals surface area contributed by atoms with E-state index in [0.29, 0.717) is 16.7 Å². The minimum absolute atomic E-state index is 0.162. The van der Waals surface area contributed by atoms with Crippen molar-refractivity contribution in [3.8, 4) is 0 Å². The van der Waals surface area contributed by atoms with E-state index in [2.05, 4.69) is 5.10 Å². The van der Waals surface area contributed by atoms with E-state index in [9.17, 15) is 24.5 Å². The Morgan fingerprint density at radius 2 is 1.62 bits per heavy atom. The maximum Gasteiger partial charge on any atom is 0.330 e. The third-order valence-corrected chi connectivity index (χ3v) is 7.23. The molecule has 2 aromatic carbocycles. The van der Waals surface area contributed by atoms with Gasteiger partial charge < -0.3 is 9.47 Å². The second-order valence-corrected chi connectivity index (χ2v) is 11.1. The number of hydrazone groups is 1. The molecule has 0 unspecified atom stereocenters. The molecule has 3 aliphatic heterocycles. The molecular formula is C27H27N3O7. The van der Waals surface area contributed by atoms with Crippen LogP contribution in [0.4, 0.5) is 5.69 Å². The number of nitro groups is 1. The molecule has 10 nitrogen and oxygen atoms in total. The van der Waals surface area contributed by atoms with Crippen molar-refractivity contribution in [3.63, 3.8) is 0 Å². The number of carbonyl (C=O) groups is 3. The lowest BCUT2D eigenvalue weighted by atomic mass is 9.64. The summed E-state index contributed by atoms with van der Waals surface area (Å²) in [5.74, 6) is -4.51. The van der Waals surface area contributed by atoms with Gasteiger partial charge in [-0.25, -0.2) is 0 Å². The third kappa shape index (κ3) is 3.53. The monoisotopic (exact) mass is 505 g/mol. The van der Waals surface area contributed by atoms with Crippen LogP contribution in [0.3, 0.4) is 0 Å². The van der Waals surface area contributed by atoms with Gasteiger partial charge in [-0.2, -0.15) is 5.10 Å². The maximum absolute atomic E-state index is 14.1. The van der Waals surface area contributed by atoms with Crippen LogP contribution < -0.4 is 0 Å². The Balaban J connectivity index is 1.83. The second kappa shape index (κ2) is 7.96. The molecule has 1 spiro atoms. The predicted octanol–water partition coefficient (Wildman–Crippen LogP) is 3.89. The van der Waals surface area contributed by atoms with Crippen molar-refractivity contribution in [2.75, 3.05) is 0 Å². The van der Waals surface area contributed by atoms with E-state index in [-0.39, 0.29) is 11.5 Å². The molecule has 3 aliphatic rings. The zero-order valence-corrected chi connectivity index (χ0v) is 21.1. The largest absolute Gasteiger partial charge is 0.422 e. The normalized spacial score (nSPS) is 25.2. The van der Waals surface area contributed by atoms with Crippen molar-refractivity contribution in [2.45, 2.75) is 58.4 Å². The van der Waals surface area contributed by atoms with Crippen LogP contribution in [0.2, 0.25) is 0 Å². The molecule has 0 radical (unpaired) electrons. The number of cyclic esters (lactones) is 2. The lowest BCUT2D eigenvalue weighted by Crippen LogP contribution is -2.58. The molecule has 0 aromatic heterocycles. The molecule has 2 fully saturated rings. The van der Waals surface area contributed by atoms with Crippen LogP contribution in [0.25, 0.3) is 0 Å². The molecule has 3 atom stereocenters. The Bertz CT molecular complexity index is 1340. The Morgan fingerprint density at radius 1 is 1.03 bits per heavy atom. The molecule has 37 heavy (non-hydrogen) atoms. The summed E-state index contributed by atoms with van der Waals surface area (Å²) >= 11 is 0. The number of rotatable bonds is 3. The van der Waals surface area contributed by atoms with Crippen LogP contribution in [-0.4, -0.2) is 45.7 Å². The highest BCUT2D eigenvalue weighted by atomic mass is 16.7. The van der Waals surface area contributed by atoms with Gasteiger partial charge in [-0.05, 0) is 16.7 Å². The highest BCUT2D eigenvalue weighted by Gasteiger charge is 2.75. The van der Waals surface area contributed by atoms with Gasteiger partial charge in [0.15, 0.2) is 5.78 Å². The zero-order chi connectivity index (χ0) is 26.9. The number of nitrogens with zero attached hydrogens (tertiary/aromatic N) is 3. The van der Waals surface area contributed by atoms with Crippen molar-refractivity contribution >= 4 is 29.6 Å². The number of ether oxygens (including phenoxy) is 2. The Labute approximate surface area is 213 Å². The maximum atomic E-state index is 14.1. The van der Waals surface area contributed by atoms with Crippen molar-refractivity contribution in [2.24, 2.45) is 15.9 Å². The fourth-order valence-corrected chi connectivity index (χ4v) is 5.63. The standard InChI is InChI=1S/C27H27N3O7/c1-25(2,3)22(31)20-19(15-10-12-17(13-11-15)30(34)35)27(23(32)36-26(4,5)37-24(27)33)21-18-9-7-6-8-16(18)14-28-29(20)21/h6-14,19-21H,1-5H3/t19-,20+,21-/m0/s1. The summed E-state index contributed by atoms with van der Waals surface area (Å²) in [6.07, 6.45) is 1.60. The van der Waals surface area contributed by atoms with Crippen LogP contribution >= 0.6 is 0 Å². The zero-order valence-electron chi connectivity index (χ0n) is 21.1. The Kier molecular flexibility index (Phi) is 5.29. The molecule has 0 amide bonds. The molecule has 3 heterocycles. The first-order valence-electron chi connectivity index (χ1n) is 12.0. The molecule has 0 aliphatic carbocycles. The van der Waals surface area contributed by atoms with Gasteiger partial charge >= 0.3 is 11.9 Å². The first-order chi connectivity index (χ1) is 17.3. The summed E-state index contributed by atoms with van der Waals surface area (Å²) in [4.78, 5) is 52.9. The van der Waals surface area contributed by atoms with E-state index in [1.807, 2.05) is 12.1 Å². The van der Waals surface area contributed by atoms with Gasteiger partial charge in [-0.3, -0.25) is 29.5 Å². The van der Waals surface area contributed by atoms with Crippen molar-refractivity contribution < 1.29 is 28.8 Å². The molecule has 10 heteroatoms. The molecule has 2 aromatic rings. The van der Waals surface area contributed by atoms with Gasteiger partial charge in [-0.1, -0.05) is 57.2 Å². The minimum Gasteiger partial charge on any atom is -0.422 e. The number of hydrogen-bond donors (Lipinski definition) is 0. The van der Waals surface area contributed by atoms with Crippen LogP contribution in [-0.2, 0) is 23.9 Å². The van der Waals surface area contributed by atoms with Gasteiger partial charge in [0, 0.05) is 37.3 Å². The van der Waals surface area contributed by atoms with Crippen LogP contribution in [0, 0.1) is 20.9 Å². The van der Waals surface area contributed by atoms with E-state index < -0.39 is 51.5 Å². The Morgan fingerprint density at radius 3 is 2.19 bits per heavy atom. The number of fused-ring (bicyclic) bond motifs is 4. The van der Waals surface area contributed by atoms with Gasteiger partial charge in [0.1, 0.15) is 12.1 Å². The van der Waals surface area contributed by atoms with Gasteiger partial charge in [-0.15, -0.1) is 0 Å². The Hall–Kier alpha value is -4.08. The number of esters is 2. The second-order valence-electron chi connectivity index (χ2n) is 11.1. The van der Waals surface area contributed by atoms with Crippen LogP contribution in [0.1, 0.15) is 63.3 Å². The SMILES string of the molecule is CC1(C)OC(=O)C2(C(=O)O1)[C@@H]1c3ccccc3C=NN1[C@@H](C(=O)C(C)(C)C)[C@@H]2c1ccc([N+](=O)[O-])cc1. The molecular weight excluding hydrogens is 478 g/mol. The average Bonchev–Trinajstić information content (AvgIpc) is 3.13. The first kappa shape index (κ1) is 24.6. The summed E-state index contributed by atoms with van der Waals surface area (Å²) < 4.78 is 11.4. The van der Waals surface area contributed by atoms with Gasteiger partial charge in [0.2, 0.25) is 5.41 Å². The van der Waals surface area contributed by atoms with Crippen molar-refractivity contribution in [1.82, 2.24) is 5.01 Å². The summed E-state index contributed by atoms with van der Waals surface area (Å²) in [6, 6.07) is 10.7. The van der Waals surface area contributed by atoms with E-state index in [0.717, 1.165) is 0 Å². The van der Waals surface area contributed by atoms with Crippen molar-refractivity contribution in [1.29, 1.82) is 0 Å². The molecule has 2 saturated heterocycles. The highest BCUT2D eigenvalue weighted by molar-refractivity contribution is 6.07. The molecule has 5 rings (SSSR count). The lowest BCUT2D eigenvalue weighted by Gasteiger charge is -2.44. The number of carbonyl (C=O) groups excluding carboxylic acids is 3. The quantitative estimate of drug-likeness (QED) is 0.266. The predicted molar refractivity (Wildman–Crippen MR) is 131 cm³/mol. The summed E-state index contributed by atoms with van der Waals surface area (Å²) in [6.45, 7) is 8.20. The summed E-state index contributed by atoms with van der Waals surface area (Å²) in [5.41, 5.74) is -1.31. The highest BCUT2D eigenvalue weighted by Crippen LogP contribution is 2.63. The number of nitro benzene ring substituents is 1. The number of benzene rings is 2. The molecule has 0 bridgehead atoms. The number of non-ortho nitro benzene ring substituents is 1. The van der Waals surface area contributed by atoms with E-state index >= 15 is 0 Å². The fraction of sp³-hybridized carbons (Fsp3) is 0.407. The smallest absolute Gasteiger partial charge is 0.330 e. The minimum atomic E-state index is -1.99. The molecule has 0 N–H and O–H groups in total. The first-order valence-corrected chi connectivity index (χ1v) is 12.0. The van der Waals surface area contributed by atoms with E-state index in [1.54, 1.807) is 39.1 Å². The number of ketones is 1.